The Morgan fingerprint density at radius 3 is 1.56 bits per heavy atom. The molecule has 4 aromatic rings. The SMILES string of the molecule is CNc1ccc(C(F)(F)F)cn1.Cc1ccc(C(=O)Cl)c(F)c1.Cc1ccc(C(=O)N(C)c2ccc(C(F)(F)F)cn2)c(F)c1. The number of pyridine rings is 2. The van der Waals surface area contributed by atoms with Gasteiger partial charge in [0.05, 0.1) is 22.3 Å². The third-order valence-electron chi connectivity index (χ3n) is 5.76. The third kappa shape index (κ3) is 10.8. The van der Waals surface area contributed by atoms with E-state index in [0.29, 0.717) is 17.6 Å². The van der Waals surface area contributed by atoms with Crippen LogP contribution in [0.1, 0.15) is 43.0 Å². The maximum atomic E-state index is 13.8. The highest BCUT2D eigenvalue weighted by Gasteiger charge is 2.31. The average Bonchev–Trinajstić information content (AvgIpc) is 2.96. The van der Waals surface area contributed by atoms with Gasteiger partial charge in [-0.2, -0.15) is 26.3 Å². The molecule has 1 amide bonds. The molecule has 2 aromatic carbocycles. The van der Waals surface area contributed by atoms with E-state index in [2.05, 4.69) is 15.3 Å². The summed E-state index contributed by atoms with van der Waals surface area (Å²) in [5, 5.41) is 1.87. The second-order valence-corrected chi connectivity index (χ2v) is 9.53. The van der Waals surface area contributed by atoms with Crippen molar-refractivity contribution in [1.82, 2.24) is 9.97 Å². The summed E-state index contributed by atoms with van der Waals surface area (Å²) in [5.41, 5.74) is -0.472. The van der Waals surface area contributed by atoms with E-state index < -0.39 is 46.3 Å². The molecule has 0 radical (unpaired) electrons. The number of nitrogens with zero attached hydrogens (tertiary/aromatic N) is 3. The van der Waals surface area contributed by atoms with Gasteiger partial charge in [0.1, 0.15) is 23.3 Å². The number of nitrogens with one attached hydrogen (secondary N) is 1. The molecule has 0 saturated heterocycles. The zero-order valence-corrected chi connectivity index (χ0v) is 24.7. The van der Waals surface area contributed by atoms with Gasteiger partial charge >= 0.3 is 12.4 Å². The number of hydrogen-bond donors (Lipinski definition) is 1. The highest BCUT2D eigenvalue weighted by atomic mass is 35.5. The molecule has 0 bridgehead atoms. The molecule has 2 aromatic heterocycles. The van der Waals surface area contributed by atoms with Crippen molar-refractivity contribution in [1.29, 1.82) is 0 Å². The number of halogens is 9. The quantitative estimate of drug-likeness (QED) is 0.176. The van der Waals surface area contributed by atoms with Crippen LogP contribution in [-0.2, 0) is 12.4 Å². The van der Waals surface area contributed by atoms with Gasteiger partial charge in [0.2, 0.25) is 0 Å². The first-order chi connectivity index (χ1) is 20.8. The minimum atomic E-state index is -4.50. The van der Waals surface area contributed by atoms with Crippen LogP contribution in [0.2, 0.25) is 0 Å². The first kappa shape index (κ1) is 36.6. The highest BCUT2D eigenvalue weighted by molar-refractivity contribution is 6.67. The van der Waals surface area contributed by atoms with Crippen molar-refractivity contribution >= 4 is 34.4 Å². The number of carbonyl (C=O) groups excluding carboxylic acids is 2. The van der Waals surface area contributed by atoms with Crippen molar-refractivity contribution in [2.75, 3.05) is 24.3 Å². The first-order valence-electron chi connectivity index (χ1n) is 12.6. The fraction of sp³-hybridized carbons (Fsp3) is 0.200. The van der Waals surface area contributed by atoms with Crippen LogP contribution in [0.25, 0.3) is 0 Å². The fourth-order valence-corrected chi connectivity index (χ4v) is 3.47. The largest absolute Gasteiger partial charge is 0.417 e. The van der Waals surface area contributed by atoms with Crippen LogP contribution in [0.15, 0.2) is 73.1 Å². The summed E-state index contributed by atoms with van der Waals surface area (Å²) in [7, 11) is 2.91. The Hall–Kier alpha value is -4.59. The molecule has 0 aliphatic rings. The van der Waals surface area contributed by atoms with E-state index in [1.807, 2.05) is 0 Å². The Morgan fingerprint density at radius 2 is 1.20 bits per heavy atom. The van der Waals surface area contributed by atoms with Gasteiger partial charge in [0, 0.05) is 26.5 Å². The summed E-state index contributed by atoms with van der Waals surface area (Å²) in [6.07, 6.45) is -7.38. The van der Waals surface area contributed by atoms with E-state index in [0.717, 1.165) is 34.9 Å². The molecule has 6 nitrogen and oxygen atoms in total. The monoisotopic (exact) mass is 660 g/mol. The van der Waals surface area contributed by atoms with Gasteiger partial charge in [-0.05, 0) is 85.1 Å². The van der Waals surface area contributed by atoms with Crippen LogP contribution in [0.3, 0.4) is 0 Å². The van der Waals surface area contributed by atoms with E-state index in [-0.39, 0.29) is 16.9 Å². The smallest absolute Gasteiger partial charge is 0.373 e. The molecule has 4 rings (SSSR count). The number of anilines is 2. The number of rotatable bonds is 4. The normalized spacial score (nSPS) is 11.0. The third-order valence-corrected chi connectivity index (χ3v) is 5.97. The summed E-state index contributed by atoms with van der Waals surface area (Å²) in [6, 6.07) is 12.5. The summed E-state index contributed by atoms with van der Waals surface area (Å²) < 4.78 is 99.9. The molecule has 0 unspecified atom stereocenters. The number of aryl methyl sites for hydroxylation is 2. The van der Waals surface area contributed by atoms with Crippen LogP contribution in [0.4, 0.5) is 46.8 Å². The van der Waals surface area contributed by atoms with Crippen molar-refractivity contribution < 1.29 is 44.7 Å². The Kier molecular flexibility index (Phi) is 12.5. The lowest BCUT2D eigenvalue weighted by Gasteiger charge is -2.17. The minimum Gasteiger partial charge on any atom is -0.373 e. The molecule has 0 spiro atoms. The molecule has 0 atom stereocenters. The second-order valence-electron chi connectivity index (χ2n) is 9.19. The van der Waals surface area contributed by atoms with Crippen molar-refractivity contribution in [3.8, 4) is 0 Å². The lowest BCUT2D eigenvalue weighted by molar-refractivity contribution is -0.138. The number of alkyl halides is 6. The molecule has 0 fully saturated rings. The zero-order valence-electron chi connectivity index (χ0n) is 24.0. The standard InChI is InChI=1S/C15H12F4N2O.C8H6ClFO.C7H7F3N2/c1-9-3-5-11(12(16)7-9)14(22)21(2)13-6-4-10(8-20-13)15(17,18)19;1-5-2-3-6(8(9)11)7(10)4-5;1-11-6-3-2-5(4-12-6)7(8,9)10/h3-8H,1-2H3;2-4H,1H3;2-4H,1H3,(H,11,12). The lowest BCUT2D eigenvalue weighted by Crippen LogP contribution is -2.28. The van der Waals surface area contributed by atoms with Crippen molar-refractivity contribution in [3.63, 3.8) is 0 Å². The van der Waals surface area contributed by atoms with Gasteiger partial charge in [-0.15, -0.1) is 0 Å². The summed E-state index contributed by atoms with van der Waals surface area (Å²) in [6.45, 7) is 3.42. The van der Waals surface area contributed by atoms with Crippen LogP contribution >= 0.6 is 11.6 Å². The van der Waals surface area contributed by atoms with E-state index in [4.69, 9.17) is 11.6 Å². The van der Waals surface area contributed by atoms with Crippen molar-refractivity contribution in [3.05, 3.63) is 118 Å². The topological polar surface area (TPSA) is 75.2 Å². The van der Waals surface area contributed by atoms with E-state index >= 15 is 0 Å². The Balaban J connectivity index is 0.000000259. The van der Waals surface area contributed by atoms with Gasteiger partial charge in [-0.3, -0.25) is 14.5 Å². The first-order valence-corrected chi connectivity index (χ1v) is 13.0. The number of benzene rings is 2. The molecular weight excluding hydrogens is 636 g/mol. The van der Waals surface area contributed by atoms with Crippen LogP contribution < -0.4 is 10.2 Å². The predicted molar refractivity (Wildman–Crippen MR) is 153 cm³/mol. The minimum absolute atomic E-state index is 0.00187. The van der Waals surface area contributed by atoms with Gasteiger partial charge in [0.15, 0.2) is 0 Å². The molecule has 240 valence electrons. The average molecular weight is 661 g/mol. The Labute approximate surface area is 257 Å². The molecular formula is C30H25ClF8N4O2. The number of aromatic nitrogens is 2. The van der Waals surface area contributed by atoms with E-state index in [9.17, 15) is 44.7 Å². The van der Waals surface area contributed by atoms with Gasteiger partial charge in [-0.1, -0.05) is 12.1 Å². The maximum Gasteiger partial charge on any atom is 0.417 e. The second kappa shape index (κ2) is 15.4. The highest BCUT2D eigenvalue weighted by Crippen LogP contribution is 2.30. The molecule has 1 N–H and O–H groups in total. The Morgan fingerprint density at radius 1 is 0.733 bits per heavy atom. The van der Waals surface area contributed by atoms with Crippen LogP contribution in [-0.4, -0.2) is 35.2 Å². The summed E-state index contributed by atoms with van der Waals surface area (Å²) >= 11 is 5.08. The van der Waals surface area contributed by atoms with Gasteiger partial charge < -0.3 is 5.32 Å². The van der Waals surface area contributed by atoms with Gasteiger partial charge in [-0.25, -0.2) is 18.7 Å². The lowest BCUT2D eigenvalue weighted by atomic mass is 10.1. The molecule has 15 heteroatoms. The van der Waals surface area contributed by atoms with Crippen LogP contribution in [0, 0.1) is 25.5 Å². The van der Waals surface area contributed by atoms with E-state index in [1.54, 1.807) is 33.0 Å². The van der Waals surface area contributed by atoms with Crippen LogP contribution in [0.5, 0.6) is 0 Å². The number of amides is 1. The molecule has 2 heterocycles. The molecule has 45 heavy (non-hydrogen) atoms. The number of hydrogen-bond acceptors (Lipinski definition) is 5. The summed E-state index contributed by atoms with van der Waals surface area (Å²) in [4.78, 5) is 30.8. The van der Waals surface area contributed by atoms with Crippen molar-refractivity contribution in [2.45, 2.75) is 26.2 Å². The molecule has 0 saturated carbocycles. The summed E-state index contributed by atoms with van der Waals surface area (Å²) in [5.74, 6) is -1.53. The zero-order chi connectivity index (χ0) is 34.1. The maximum absolute atomic E-state index is 13.8. The predicted octanol–water partition coefficient (Wildman–Crippen LogP) is 8.48. The Bertz CT molecular complexity index is 1610. The van der Waals surface area contributed by atoms with E-state index in [1.165, 1.54) is 37.4 Å². The van der Waals surface area contributed by atoms with Crippen molar-refractivity contribution in [2.24, 2.45) is 0 Å². The number of carbonyl (C=O) groups is 2. The fourth-order valence-electron chi connectivity index (χ4n) is 3.32. The molecule has 0 aliphatic heterocycles. The molecule has 0 aliphatic carbocycles. The van der Waals surface area contributed by atoms with Gasteiger partial charge in [0.25, 0.3) is 11.1 Å².